The van der Waals surface area contributed by atoms with E-state index in [-0.39, 0.29) is 31.1 Å². The van der Waals surface area contributed by atoms with Crippen LogP contribution in [0.1, 0.15) is 16.1 Å². The third-order valence-corrected chi connectivity index (χ3v) is 3.01. The van der Waals surface area contributed by atoms with Gasteiger partial charge in [0.05, 0.1) is 25.5 Å². The van der Waals surface area contributed by atoms with Crippen LogP contribution in [0.2, 0.25) is 0 Å². The van der Waals surface area contributed by atoms with Gasteiger partial charge in [0.25, 0.3) is 0 Å². The highest BCUT2D eigenvalue weighted by molar-refractivity contribution is 5.88. The van der Waals surface area contributed by atoms with Gasteiger partial charge < -0.3 is 14.6 Å². The molecule has 0 saturated carbocycles. The summed E-state index contributed by atoms with van der Waals surface area (Å²) in [5.74, 6) is -0.885. The Morgan fingerprint density at radius 2 is 1.80 bits per heavy atom. The number of carboxylic acid groups (broad SMARTS) is 1. The molecule has 0 unspecified atom stereocenters. The summed E-state index contributed by atoms with van der Waals surface area (Å²) < 4.78 is 45.4. The summed E-state index contributed by atoms with van der Waals surface area (Å²) in [5, 5.41) is 9.17. The number of carboxylic acids is 1. The van der Waals surface area contributed by atoms with Crippen LogP contribution < -0.4 is 0 Å². The molecule has 0 aliphatic carbocycles. The van der Waals surface area contributed by atoms with E-state index in [1.54, 1.807) is 24.3 Å². The smallest absolute Gasteiger partial charge is 0.411 e. The van der Waals surface area contributed by atoms with Crippen LogP contribution in [0.5, 0.6) is 0 Å². The van der Waals surface area contributed by atoms with Crippen LogP contribution >= 0.6 is 0 Å². The highest BCUT2D eigenvalue weighted by atomic mass is 19.4. The largest absolute Gasteiger partial charge is 0.478 e. The number of nitrogens with zero attached hydrogens (tertiary/aromatic N) is 2. The normalized spacial score (nSPS) is 11.5. The number of alkyl halides is 3. The Kier molecular flexibility index (Phi) is 6.43. The lowest BCUT2D eigenvalue weighted by molar-refractivity contribution is -0.176. The molecule has 0 radical (unpaired) electrons. The van der Waals surface area contributed by atoms with E-state index in [1.807, 2.05) is 6.07 Å². The fraction of sp³-hybridized carbons (Fsp3) is 0.312. The van der Waals surface area contributed by atoms with Crippen molar-refractivity contribution in [1.29, 1.82) is 0 Å². The van der Waals surface area contributed by atoms with Crippen LogP contribution in [0, 0.1) is 0 Å². The molecule has 1 aromatic carbocycles. The Bertz CT molecular complexity index is 708. The molecule has 0 aliphatic heterocycles. The Hall–Kier alpha value is -2.52. The minimum atomic E-state index is -4.40. The number of benzene rings is 1. The van der Waals surface area contributed by atoms with Crippen molar-refractivity contribution in [3.8, 4) is 11.4 Å². The molecular formula is C16H15F3N2O4. The lowest BCUT2D eigenvalue weighted by Crippen LogP contribution is -2.19. The average molecular weight is 356 g/mol. The first-order chi connectivity index (χ1) is 11.9. The van der Waals surface area contributed by atoms with Gasteiger partial charge in [0, 0.05) is 11.8 Å². The predicted octanol–water partition coefficient (Wildman–Crippen LogP) is 2.94. The highest BCUT2D eigenvalue weighted by Crippen LogP contribution is 2.17. The van der Waals surface area contributed by atoms with Gasteiger partial charge >= 0.3 is 12.1 Å². The molecule has 1 aromatic heterocycles. The Labute approximate surface area is 141 Å². The summed E-state index contributed by atoms with van der Waals surface area (Å²) >= 11 is 0. The second kappa shape index (κ2) is 8.54. The molecule has 0 amide bonds. The number of aromatic carboxylic acids is 1. The maximum Gasteiger partial charge on any atom is 0.411 e. The van der Waals surface area contributed by atoms with Crippen molar-refractivity contribution >= 4 is 5.97 Å². The summed E-state index contributed by atoms with van der Waals surface area (Å²) in [6.07, 6.45) is -3.22. The Morgan fingerprint density at radius 1 is 1.12 bits per heavy atom. The van der Waals surface area contributed by atoms with Gasteiger partial charge in [-0.15, -0.1) is 0 Å². The second-order valence-electron chi connectivity index (χ2n) is 4.95. The zero-order chi connectivity index (χ0) is 18.3. The lowest BCUT2D eigenvalue weighted by Gasteiger charge is -2.10. The number of hydrogen-bond donors (Lipinski definition) is 1. The summed E-state index contributed by atoms with van der Waals surface area (Å²) in [7, 11) is 0. The van der Waals surface area contributed by atoms with E-state index in [2.05, 4.69) is 14.7 Å². The molecule has 0 spiro atoms. The van der Waals surface area contributed by atoms with Gasteiger partial charge in [-0.05, 0) is 0 Å². The van der Waals surface area contributed by atoms with Crippen molar-refractivity contribution in [2.24, 2.45) is 0 Å². The number of carbonyl (C=O) groups is 1. The van der Waals surface area contributed by atoms with E-state index in [1.165, 1.54) is 6.20 Å². The number of ether oxygens (including phenoxy) is 2. The molecule has 0 saturated heterocycles. The quantitative estimate of drug-likeness (QED) is 0.733. The minimum absolute atomic E-state index is 0.125. The molecule has 25 heavy (non-hydrogen) atoms. The van der Waals surface area contributed by atoms with Gasteiger partial charge in [-0.3, -0.25) is 0 Å². The van der Waals surface area contributed by atoms with Gasteiger partial charge in [-0.1, -0.05) is 30.3 Å². The summed E-state index contributed by atoms with van der Waals surface area (Å²) in [5.41, 5.74) is 0.710. The standard InChI is InChI=1S/C16H15F3N2O4/c17-16(18,19)10-25-7-6-24-9-13-12(15(22)23)8-20-14(21-13)11-4-2-1-3-5-11/h1-5,8H,6-7,9-10H2,(H,22,23). The van der Waals surface area contributed by atoms with Gasteiger partial charge in [0.1, 0.15) is 12.2 Å². The van der Waals surface area contributed by atoms with Crippen molar-refractivity contribution in [2.45, 2.75) is 12.8 Å². The Balaban J connectivity index is 1.99. The van der Waals surface area contributed by atoms with E-state index in [0.717, 1.165) is 0 Å². The van der Waals surface area contributed by atoms with Crippen LogP contribution in [0.25, 0.3) is 11.4 Å². The van der Waals surface area contributed by atoms with Gasteiger partial charge in [0.2, 0.25) is 0 Å². The van der Waals surface area contributed by atoms with Crippen LogP contribution in [-0.2, 0) is 16.1 Å². The van der Waals surface area contributed by atoms with Crippen molar-refractivity contribution in [1.82, 2.24) is 9.97 Å². The van der Waals surface area contributed by atoms with Crippen LogP contribution in [-0.4, -0.2) is 47.0 Å². The third kappa shape index (κ3) is 6.12. The number of hydrogen-bond acceptors (Lipinski definition) is 5. The van der Waals surface area contributed by atoms with Crippen molar-refractivity contribution < 1.29 is 32.5 Å². The van der Waals surface area contributed by atoms with Gasteiger partial charge in [-0.25, -0.2) is 14.8 Å². The third-order valence-electron chi connectivity index (χ3n) is 3.01. The molecule has 2 rings (SSSR count). The second-order valence-corrected chi connectivity index (χ2v) is 4.95. The Morgan fingerprint density at radius 3 is 2.44 bits per heavy atom. The van der Waals surface area contributed by atoms with Gasteiger partial charge in [0.15, 0.2) is 5.82 Å². The van der Waals surface area contributed by atoms with Crippen LogP contribution in [0.4, 0.5) is 13.2 Å². The molecule has 2 aromatic rings. The van der Waals surface area contributed by atoms with E-state index in [4.69, 9.17) is 4.74 Å². The highest BCUT2D eigenvalue weighted by Gasteiger charge is 2.27. The monoisotopic (exact) mass is 356 g/mol. The molecule has 6 nitrogen and oxygen atoms in total. The number of halogens is 3. The molecule has 1 heterocycles. The molecule has 0 atom stereocenters. The molecule has 0 aliphatic rings. The zero-order valence-electron chi connectivity index (χ0n) is 13.0. The molecule has 1 N–H and O–H groups in total. The van der Waals surface area contributed by atoms with Crippen LogP contribution in [0.3, 0.4) is 0 Å². The SMILES string of the molecule is O=C(O)c1cnc(-c2ccccc2)nc1COCCOCC(F)(F)F. The first-order valence-electron chi connectivity index (χ1n) is 7.23. The van der Waals surface area contributed by atoms with Crippen LogP contribution in [0.15, 0.2) is 36.5 Å². The number of aromatic nitrogens is 2. The molecular weight excluding hydrogens is 341 g/mol. The molecule has 0 fully saturated rings. The molecule has 0 bridgehead atoms. The van der Waals surface area contributed by atoms with Crippen molar-refractivity contribution in [3.63, 3.8) is 0 Å². The predicted molar refractivity (Wildman–Crippen MR) is 81.0 cm³/mol. The van der Waals surface area contributed by atoms with Crippen molar-refractivity contribution in [2.75, 3.05) is 19.8 Å². The molecule has 134 valence electrons. The van der Waals surface area contributed by atoms with Gasteiger partial charge in [-0.2, -0.15) is 13.2 Å². The zero-order valence-corrected chi connectivity index (χ0v) is 13.0. The maximum absolute atomic E-state index is 11.9. The summed E-state index contributed by atoms with van der Waals surface area (Å²) in [6.45, 7) is -1.93. The minimum Gasteiger partial charge on any atom is -0.478 e. The maximum atomic E-state index is 11.9. The fourth-order valence-corrected chi connectivity index (χ4v) is 1.91. The first-order valence-corrected chi connectivity index (χ1v) is 7.23. The van der Waals surface area contributed by atoms with E-state index in [0.29, 0.717) is 11.4 Å². The number of rotatable bonds is 8. The van der Waals surface area contributed by atoms with E-state index in [9.17, 15) is 23.1 Å². The summed E-state index contributed by atoms with van der Waals surface area (Å²) in [4.78, 5) is 19.4. The van der Waals surface area contributed by atoms with E-state index >= 15 is 0 Å². The summed E-state index contributed by atoms with van der Waals surface area (Å²) in [6, 6.07) is 8.94. The van der Waals surface area contributed by atoms with Crippen molar-refractivity contribution in [3.05, 3.63) is 47.8 Å². The van der Waals surface area contributed by atoms with E-state index < -0.39 is 18.8 Å². The average Bonchev–Trinajstić information content (AvgIpc) is 2.57. The topological polar surface area (TPSA) is 81.5 Å². The first kappa shape index (κ1) is 18.8. The molecule has 9 heteroatoms. The fourth-order valence-electron chi connectivity index (χ4n) is 1.91. The lowest BCUT2D eigenvalue weighted by atomic mass is 10.2.